The molecular weight excluding hydrogens is 957 g/mol. The minimum atomic E-state index is -0.698. The molecule has 16 nitrogen and oxygen atoms in total. The fourth-order valence-electron chi connectivity index (χ4n) is 11.7. The van der Waals surface area contributed by atoms with Crippen molar-refractivity contribution in [3.05, 3.63) is 108 Å². The first-order valence-corrected chi connectivity index (χ1v) is 26.9. The zero-order chi connectivity index (χ0) is 54.1. The highest BCUT2D eigenvalue weighted by molar-refractivity contribution is 6.00. The second-order valence-corrected chi connectivity index (χ2v) is 22.9. The Morgan fingerprint density at radius 3 is 1.66 bits per heavy atom. The normalized spacial score (nSPS) is 19.4. The van der Waals surface area contributed by atoms with Gasteiger partial charge in [0.2, 0.25) is 0 Å². The summed E-state index contributed by atoms with van der Waals surface area (Å²) in [6, 6.07) is 29.8. The summed E-state index contributed by atoms with van der Waals surface area (Å²) in [7, 11) is 4.02. The smallest absolute Gasteiger partial charge is 0.407 e. The molecule has 0 spiro atoms. The maximum Gasteiger partial charge on any atom is 0.407 e. The number of carbonyl (C=O) groups is 4. The van der Waals surface area contributed by atoms with E-state index in [-0.39, 0.29) is 35.9 Å². The number of carbonyl (C=O) groups excluding carboxylic acids is 4. The number of imidazole rings is 2. The van der Waals surface area contributed by atoms with Gasteiger partial charge in [-0.3, -0.25) is 9.59 Å². The quantitative estimate of drug-likeness (QED) is 0.144. The Morgan fingerprint density at radius 1 is 0.592 bits per heavy atom. The van der Waals surface area contributed by atoms with Gasteiger partial charge in [0.15, 0.2) is 11.6 Å². The van der Waals surface area contributed by atoms with Crippen LogP contribution in [0.5, 0.6) is 0 Å². The number of rotatable bonds is 9. The summed E-state index contributed by atoms with van der Waals surface area (Å²) in [5.41, 5.74) is 8.19. The van der Waals surface area contributed by atoms with Gasteiger partial charge in [0.1, 0.15) is 11.2 Å². The van der Waals surface area contributed by atoms with Gasteiger partial charge < -0.3 is 48.2 Å². The number of ether oxygens (including phenoxy) is 2. The number of amides is 4. The minimum absolute atomic E-state index is 0.000254. The number of para-hydroxylation sites is 1. The van der Waals surface area contributed by atoms with Crippen LogP contribution in [0, 0.1) is 0 Å². The van der Waals surface area contributed by atoms with Gasteiger partial charge in [-0.15, -0.1) is 0 Å². The maximum absolute atomic E-state index is 15.0. The average Bonchev–Trinajstić information content (AvgIpc) is 4.14. The number of nitrogens with zero attached hydrogens (tertiary/aromatic N) is 8. The summed E-state index contributed by atoms with van der Waals surface area (Å²) in [5, 5.41) is 8.27. The zero-order valence-corrected chi connectivity index (χ0v) is 46.0. The molecule has 1 unspecified atom stereocenters. The van der Waals surface area contributed by atoms with Crippen LogP contribution in [0.25, 0.3) is 66.9 Å². The summed E-state index contributed by atoms with van der Waals surface area (Å²) in [5.74, 6) is 1.20. The van der Waals surface area contributed by atoms with Crippen LogP contribution in [-0.2, 0) is 36.7 Å². The number of alkyl carbamates (subject to hydrolysis) is 2. The second kappa shape index (κ2) is 19.8. The highest BCUT2D eigenvalue weighted by atomic mass is 16.6. The first kappa shape index (κ1) is 51.8. The van der Waals surface area contributed by atoms with E-state index in [4.69, 9.17) is 19.4 Å². The molecule has 2 fully saturated rings. The van der Waals surface area contributed by atoms with E-state index in [1.807, 2.05) is 115 Å². The Morgan fingerprint density at radius 2 is 1.09 bits per heavy atom. The Balaban J connectivity index is 0.940. The van der Waals surface area contributed by atoms with Gasteiger partial charge in [0.25, 0.3) is 11.8 Å². The number of fused-ring (bicyclic) bond motifs is 4. The van der Waals surface area contributed by atoms with Gasteiger partial charge >= 0.3 is 12.2 Å². The van der Waals surface area contributed by atoms with Crippen LogP contribution < -0.4 is 10.6 Å². The maximum atomic E-state index is 15.0. The van der Waals surface area contributed by atoms with Gasteiger partial charge in [-0.1, -0.05) is 24.3 Å². The van der Waals surface area contributed by atoms with Crippen LogP contribution in [0.3, 0.4) is 0 Å². The Kier molecular flexibility index (Phi) is 13.5. The molecule has 0 radical (unpaired) electrons. The third-order valence-electron chi connectivity index (χ3n) is 15.4. The molecule has 0 bridgehead atoms. The average molecular weight is 1030 g/mol. The Hall–Kier alpha value is -7.62. The van der Waals surface area contributed by atoms with Crippen LogP contribution in [0.1, 0.15) is 121 Å². The number of benzene rings is 4. The van der Waals surface area contributed by atoms with Gasteiger partial charge in [-0.05, 0) is 161 Å². The monoisotopic (exact) mass is 1030 g/mol. The van der Waals surface area contributed by atoms with Crippen LogP contribution in [0.2, 0.25) is 0 Å². The summed E-state index contributed by atoms with van der Waals surface area (Å²) in [6.07, 6.45) is 1.09. The lowest BCUT2D eigenvalue weighted by Crippen LogP contribution is -2.56. The lowest BCUT2D eigenvalue weighted by molar-refractivity contribution is 0.0386. The van der Waals surface area contributed by atoms with E-state index in [0.717, 1.165) is 86.3 Å². The Bertz CT molecular complexity index is 3570. The molecule has 16 heteroatoms. The van der Waals surface area contributed by atoms with E-state index < -0.39 is 29.4 Å². The van der Waals surface area contributed by atoms with E-state index in [1.54, 1.807) is 0 Å². The number of hydrogen-bond donors (Lipinski definition) is 2. The molecule has 4 amide bonds. The Labute approximate surface area is 444 Å². The van der Waals surface area contributed by atoms with E-state index in [0.29, 0.717) is 42.7 Å². The predicted molar refractivity (Wildman–Crippen MR) is 299 cm³/mol. The number of piperidine rings is 2. The molecular formula is C60H72N10O6. The topological polar surface area (TPSA) is 163 Å². The van der Waals surface area contributed by atoms with E-state index in [1.165, 1.54) is 0 Å². The number of likely N-dealkylation sites (tertiary alicyclic amines) is 2. The van der Waals surface area contributed by atoms with Gasteiger partial charge in [-0.25, -0.2) is 19.6 Å². The fraction of sp³-hybridized carbons (Fsp3) is 0.433. The van der Waals surface area contributed by atoms with E-state index in [2.05, 4.69) is 98.2 Å². The summed E-state index contributed by atoms with van der Waals surface area (Å²) in [6.45, 7) is 21.6. The second-order valence-electron chi connectivity index (χ2n) is 22.9. The molecule has 0 aliphatic carbocycles. The van der Waals surface area contributed by atoms with Crippen molar-refractivity contribution in [2.45, 2.75) is 143 Å². The van der Waals surface area contributed by atoms with Crippen LogP contribution in [0.4, 0.5) is 9.59 Å². The molecule has 398 valence electrons. The van der Waals surface area contributed by atoms with Crippen LogP contribution in [0.15, 0.2) is 91.0 Å². The fourth-order valence-corrected chi connectivity index (χ4v) is 11.7. The lowest BCUT2D eigenvalue weighted by Gasteiger charge is -2.44. The number of aromatic nitrogens is 6. The highest BCUT2D eigenvalue weighted by Gasteiger charge is 2.39. The molecule has 76 heavy (non-hydrogen) atoms. The first-order chi connectivity index (χ1) is 36.1. The van der Waals surface area contributed by atoms with Crippen molar-refractivity contribution in [1.29, 1.82) is 0 Å². The molecule has 6 heterocycles. The van der Waals surface area contributed by atoms with Crippen LogP contribution >= 0.6 is 0 Å². The van der Waals surface area contributed by atoms with Crippen molar-refractivity contribution in [1.82, 2.24) is 48.7 Å². The summed E-state index contributed by atoms with van der Waals surface area (Å²) < 4.78 is 19.9. The van der Waals surface area contributed by atoms with Crippen molar-refractivity contribution in [3.8, 4) is 23.0 Å². The van der Waals surface area contributed by atoms with Crippen molar-refractivity contribution in [2.75, 3.05) is 13.1 Å². The van der Waals surface area contributed by atoms with Gasteiger partial charge in [-0.2, -0.15) is 0 Å². The number of aryl methyl sites for hydroxylation is 4. The van der Waals surface area contributed by atoms with Crippen molar-refractivity contribution < 1.29 is 28.7 Å². The molecule has 2 aliphatic heterocycles. The third-order valence-corrected chi connectivity index (χ3v) is 15.4. The standard InChI is InChI=1S/C60H72N10O6/c1-13-67-47-18-16-15-17-38(47)30-51(67)53-63-46-29-40(22-26-50(46)65(53)11)56(72)70-34-43(62-58(74)76-60(8,9)10)32-44(36(70)4)37-20-24-48-41(27-37)31-52(68(48)14-2)54-64-45-28-39(21-25-49(45)66(54)12)55(71)69-33-42(23-19-35(69)3)61-57(73)75-59(5,6)7/h15-18,20-22,24-31,35-36,42-44H,13-14,19,23,32-34H2,1-12H3,(H,61,73)(H,62,74)/t35-,36+,42+,43-,44?/m0/s1. The SMILES string of the molecule is CCn1c(-c2nc3cc(C(=O)N4C[C@@H](NC(=O)OC(C)(C)C)CC(c5ccc6c(c5)cc(-c5nc7cc(C(=O)N8C[C@H](NC(=O)OC(C)(C)C)CC[C@@H]8C)ccc7n5C)n6CC)[C@H]4C)ccc3n2C)cc2ccccc21. The zero-order valence-electron chi connectivity index (χ0n) is 46.0. The molecule has 10 rings (SSSR count). The summed E-state index contributed by atoms with van der Waals surface area (Å²) >= 11 is 0. The first-order valence-electron chi connectivity index (χ1n) is 26.9. The van der Waals surface area contributed by atoms with Crippen LogP contribution in [-0.4, -0.2) is 110 Å². The highest BCUT2D eigenvalue weighted by Crippen LogP contribution is 2.39. The molecule has 2 saturated heterocycles. The van der Waals surface area contributed by atoms with Gasteiger partial charge in [0.05, 0.1) is 39.5 Å². The van der Waals surface area contributed by atoms with E-state index in [9.17, 15) is 19.2 Å². The molecule has 0 saturated carbocycles. The van der Waals surface area contributed by atoms with E-state index >= 15 is 0 Å². The minimum Gasteiger partial charge on any atom is -0.444 e. The van der Waals surface area contributed by atoms with Crippen molar-refractivity contribution >= 4 is 67.9 Å². The van der Waals surface area contributed by atoms with Crippen molar-refractivity contribution in [2.24, 2.45) is 14.1 Å². The molecule has 4 aromatic carbocycles. The molecule has 2 N–H and O–H groups in total. The lowest BCUT2D eigenvalue weighted by atomic mass is 9.81. The summed E-state index contributed by atoms with van der Waals surface area (Å²) in [4.78, 5) is 69.2. The molecule has 2 aliphatic rings. The number of nitrogens with one attached hydrogen (secondary N) is 2. The largest absolute Gasteiger partial charge is 0.444 e. The predicted octanol–water partition coefficient (Wildman–Crippen LogP) is 11.2. The van der Waals surface area contributed by atoms with Gasteiger partial charge in [0, 0.05) is 97.3 Å². The van der Waals surface area contributed by atoms with Crippen molar-refractivity contribution in [3.63, 3.8) is 0 Å². The molecule has 5 atom stereocenters. The molecule has 4 aromatic heterocycles. The molecule has 8 aromatic rings. The third kappa shape index (κ3) is 9.89. The number of hydrogen-bond acceptors (Lipinski definition) is 8.